The first-order valence-corrected chi connectivity index (χ1v) is 6.61. The summed E-state index contributed by atoms with van der Waals surface area (Å²) >= 11 is 0. The third kappa shape index (κ3) is 2.98. The summed E-state index contributed by atoms with van der Waals surface area (Å²) in [4.78, 5) is 8.37. The summed E-state index contributed by atoms with van der Waals surface area (Å²) < 4.78 is 12.9. The maximum atomic E-state index is 12.9. The summed E-state index contributed by atoms with van der Waals surface area (Å²) in [6, 6.07) is 13.4. The van der Waals surface area contributed by atoms with Crippen molar-refractivity contribution >= 4 is 16.7 Å². The number of fused-ring (bicyclic) bond motifs is 1. The zero-order valence-electron chi connectivity index (χ0n) is 11.2. The van der Waals surface area contributed by atoms with Gasteiger partial charge in [0.25, 0.3) is 0 Å². The number of aliphatic hydroxyl groups is 1. The van der Waals surface area contributed by atoms with E-state index in [1.54, 1.807) is 12.1 Å². The van der Waals surface area contributed by atoms with Gasteiger partial charge in [-0.15, -0.1) is 0 Å². The van der Waals surface area contributed by atoms with Crippen LogP contribution in [0.25, 0.3) is 10.9 Å². The topological polar surface area (TPSA) is 58.0 Å². The number of aromatic nitrogens is 2. The molecule has 0 amide bonds. The molecule has 0 aliphatic rings. The summed E-state index contributed by atoms with van der Waals surface area (Å²) in [6.45, 7) is 0.284. The third-order valence-electron chi connectivity index (χ3n) is 3.26. The van der Waals surface area contributed by atoms with Crippen molar-refractivity contribution in [2.75, 3.05) is 11.9 Å². The minimum Gasteiger partial charge on any atom is -0.387 e. The number of nitrogens with zero attached hydrogens (tertiary/aromatic N) is 2. The summed E-state index contributed by atoms with van der Waals surface area (Å²) in [5.41, 5.74) is 1.49. The predicted octanol–water partition coefficient (Wildman–Crippen LogP) is 2.91. The number of benzene rings is 2. The maximum Gasteiger partial charge on any atom is 0.137 e. The highest BCUT2D eigenvalue weighted by atomic mass is 19.1. The number of nitrogens with one attached hydrogen (secondary N) is 1. The van der Waals surface area contributed by atoms with Crippen LogP contribution in [0.2, 0.25) is 0 Å². The molecule has 0 aliphatic carbocycles. The molecule has 3 aromatic rings. The van der Waals surface area contributed by atoms with Gasteiger partial charge < -0.3 is 10.4 Å². The molecule has 0 spiro atoms. The van der Waals surface area contributed by atoms with E-state index >= 15 is 0 Å². The monoisotopic (exact) mass is 283 g/mol. The van der Waals surface area contributed by atoms with Crippen LogP contribution in [0.15, 0.2) is 54.9 Å². The molecule has 0 radical (unpaired) electrons. The van der Waals surface area contributed by atoms with Crippen LogP contribution in [0.4, 0.5) is 10.2 Å². The molecule has 1 atom stereocenters. The molecule has 0 fully saturated rings. The van der Waals surface area contributed by atoms with Gasteiger partial charge in [0.05, 0.1) is 11.6 Å². The smallest absolute Gasteiger partial charge is 0.137 e. The second kappa shape index (κ2) is 5.85. The van der Waals surface area contributed by atoms with Crippen LogP contribution in [0.5, 0.6) is 0 Å². The van der Waals surface area contributed by atoms with E-state index in [0.717, 1.165) is 10.9 Å². The van der Waals surface area contributed by atoms with Crippen LogP contribution in [0, 0.1) is 5.82 Å². The van der Waals surface area contributed by atoms with Crippen LogP contribution in [0.1, 0.15) is 11.7 Å². The second-order valence-electron chi connectivity index (χ2n) is 4.69. The molecule has 1 aromatic heterocycles. The number of hydrogen-bond donors (Lipinski definition) is 2. The second-order valence-corrected chi connectivity index (χ2v) is 4.69. The van der Waals surface area contributed by atoms with Crippen molar-refractivity contribution < 1.29 is 9.50 Å². The Bertz CT molecular complexity index is 741. The molecular formula is C16H14FN3O. The maximum absolute atomic E-state index is 12.9. The lowest BCUT2D eigenvalue weighted by atomic mass is 10.1. The number of para-hydroxylation sites is 1. The summed E-state index contributed by atoms with van der Waals surface area (Å²) in [5.74, 6) is 0.350. The first-order valence-electron chi connectivity index (χ1n) is 6.61. The van der Waals surface area contributed by atoms with Crippen LogP contribution in [-0.4, -0.2) is 21.6 Å². The number of hydrogen-bond acceptors (Lipinski definition) is 4. The van der Waals surface area contributed by atoms with E-state index in [0.29, 0.717) is 11.4 Å². The highest BCUT2D eigenvalue weighted by molar-refractivity contribution is 5.88. The fraction of sp³-hybridized carbons (Fsp3) is 0.125. The van der Waals surface area contributed by atoms with Crippen molar-refractivity contribution in [2.45, 2.75) is 6.10 Å². The fourth-order valence-corrected chi connectivity index (χ4v) is 2.14. The summed E-state index contributed by atoms with van der Waals surface area (Å²) in [7, 11) is 0. The van der Waals surface area contributed by atoms with E-state index in [1.807, 2.05) is 24.3 Å². The van der Waals surface area contributed by atoms with Gasteiger partial charge in [-0.25, -0.2) is 14.4 Å². The van der Waals surface area contributed by atoms with E-state index in [-0.39, 0.29) is 12.4 Å². The highest BCUT2D eigenvalue weighted by Crippen LogP contribution is 2.20. The Morgan fingerprint density at radius 3 is 2.62 bits per heavy atom. The molecule has 0 aliphatic heterocycles. The molecule has 4 nitrogen and oxygen atoms in total. The van der Waals surface area contributed by atoms with Crippen molar-refractivity contribution in [2.24, 2.45) is 0 Å². The van der Waals surface area contributed by atoms with Gasteiger partial charge in [0.15, 0.2) is 0 Å². The Labute approximate surface area is 121 Å². The lowest BCUT2D eigenvalue weighted by Crippen LogP contribution is -2.13. The normalized spacial score (nSPS) is 12.3. The third-order valence-corrected chi connectivity index (χ3v) is 3.26. The van der Waals surface area contributed by atoms with Crippen molar-refractivity contribution in [3.63, 3.8) is 0 Å². The number of anilines is 1. The Morgan fingerprint density at radius 1 is 1.05 bits per heavy atom. The van der Waals surface area contributed by atoms with Gasteiger partial charge in [0, 0.05) is 11.9 Å². The van der Waals surface area contributed by atoms with Crippen LogP contribution in [-0.2, 0) is 0 Å². The van der Waals surface area contributed by atoms with E-state index in [1.165, 1.54) is 18.5 Å². The molecule has 0 saturated carbocycles. The molecule has 2 aromatic carbocycles. The lowest BCUT2D eigenvalue weighted by molar-refractivity contribution is 0.191. The minimum atomic E-state index is -0.737. The van der Waals surface area contributed by atoms with Gasteiger partial charge in [-0.2, -0.15) is 0 Å². The molecule has 5 heteroatoms. The first kappa shape index (κ1) is 13.5. The molecule has 106 valence electrons. The van der Waals surface area contributed by atoms with Crippen molar-refractivity contribution in [1.29, 1.82) is 0 Å². The van der Waals surface area contributed by atoms with Crippen LogP contribution in [0.3, 0.4) is 0 Å². The Balaban J connectivity index is 1.76. The predicted molar refractivity (Wildman–Crippen MR) is 79.4 cm³/mol. The average Bonchev–Trinajstić information content (AvgIpc) is 2.53. The summed E-state index contributed by atoms with van der Waals surface area (Å²) in [6.07, 6.45) is 0.744. The van der Waals surface area contributed by atoms with Crippen LogP contribution >= 0.6 is 0 Å². The Kier molecular flexibility index (Phi) is 3.75. The minimum absolute atomic E-state index is 0.284. The molecule has 3 rings (SSSR count). The van der Waals surface area contributed by atoms with Crippen molar-refractivity contribution in [3.8, 4) is 0 Å². The van der Waals surface area contributed by atoms with Crippen LogP contribution < -0.4 is 5.32 Å². The van der Waals surface area contributed by atoms with Crippen molar-refractivity contribution in [3.05, 3.63) is 66.2 Å². The summed E-state index contributed by atoms with van der Waals surface area (Å²) in [5, 5.41) is 14.1. The molecule has 0 saturated heterocycles. The van der Waals surface area contributed by atoms with Gasteiger partial charge in [0.2, 0.25) is 0 Å². The van der Waals surface area contributed by atoms with E-state index < -0.39 is 6.10 Å². The van der Waals surface area contributed by atoms with E-state index in [9.17, 15) is 9.50 Å². The average molecular weight is 283 g/mol. The first-order chi connectivity index (χ1) is 10.2. The van der Waals surface area contributed by atoms with E-state index in [4.69, 9.17) is 0 Å². The Morgan fingerprint density at radius 2 is 1.81 bits per heavy atom. The zero-order chi connectivity index (χ0) is 14.7. The largest absolute Gasteiger partial charge is 0.387 e. The zero-order valence-corrected chi connectivity index (χ0v) is 11.2. The Hall–Kier alpha value is -2.53. The molecule has 0 unspecified atom stereocenters. The fourth-order valence-electron chi connectivity index (χ4n) is 2.14. The van der Waals surface area contributed by atoms with Gasteiger partial charge in [-0.1, -0.05) is 24.3 Å². The molecule has 2 N–H and O–H groups in total. The SMILES string of the molecule is O[C@H](CNc1ncnc2ccccc12)c1ccc(F)cc1. The van der Waals surface area contributed by atoms with Gasteiger partial charge in [-0.3, -0.25) is 0 Å². The molecule has 21 heavy (non-hydrogen) atoms. The lowest BCUT2D eigenvalue weighted by Gasteiger charge is -2.13. The van der Waals surface area contributed by atoms with Gasteiger partial charge in [0.1, 0.15) is 18.0 Å². The quantitative estimate of drug-likeness (QED) is 0.773. The molecular weight excluding hydrogens is 269 g/mol. The van der Waals surface area contributed by atoms with Gasteiger partial charge in [-0.05, 0) is 29.8 Å². The number of aliphatic hydroxyl groups excluding tert-OH is 1. The number of halogens is 1. The highest BCUT2D eigenvalue weighted by Gasteiger charge is 2.09. The van der Waals surface area contributed by atoms with Crippen molar-refractivity contribution in [1.82, 2.24) is 9.97 Å². The number of rotatable bonds is 4. The molecule has 0 bridgehead atoms. The standard InChI is InChI=1S/C16H14FN3O/c17-12-7-5-11(6-8-12)15(21)9-18-16-13-3-1-2-4-14(13)19-10-20-16/h1-8,10,15,21H,9H2,(H,18,19,20)/t15-/m1/s1. The molecule has 1 heterocycles. The van der Waals surface area contributed by atoms with E-state index in [2.05, 4.69) is 15.3 Å². The van der Waals surface area contributed by atoms with Gasteiger partial charge >= 0.3 is 0 Å².